The zero-order chi connectivity index (χ0) is 12.1. The molecule has 1 unspecified atom stereocenters. The summed E-state index contributed by atoms with van der Waals surface area (Å²) < 4.78 is 13.0. The van der Waals surface area contributed by atoms with E-state index in [2.05, 4.69) is 0 Å². The van der Waals surface area contributed by atoms with Gasteiger partial charge in [0.2, 0.25) is 0 Å². The van der Waals surface area contributed by atoms with Gasteiger partial charge in [0.1, 0.15) is 5.82 Å². The van der Waals surface area contributed by atoms with Crippen LogP contribution in [0.1, 0.15) is 11.1 Å². The number of halogens is 1. The predicted octanol–water partition coefficient (Wildman–Crippen LogP) is 0.886. The molecule has 1 aromatic carbocycles. The summed E-state index contributed by atoms with van der Waals surface area (Å²) in [5, 5.41) is 8.83. The van der Waals surface area contributed by atoms with Crippen LogP contribution in [0.25, 0.3) is 0 Å². The maximum Gasteiger partial charge on any atom is 0.126 e. The Morgan fingerprint density at radius 2 is 2.19 bits per heavy atom. The van der Waals surface area contributed by atoms with E-state index in [0.717, 1.165) is 5.56 Å². The van der Waals surface area contributed by atoms with Gasteiger partial charge in [0.05, 0.1) is 6.61 Å². The van der Waals surface area contributed by atoms with Crippen molar-refractivity contribution in [2.24, 2.45) is 5.73 Å². The fraction of sp³-hybridized carbons (Fsp3) is 0.500. The first-order valence-corrected chi connectivity index (χ1v) is 5.33. The molecule has 4 heteroatoms. The minimum Gasteiger partial charge on any atom is -0.395 e. The highest BCUT2D eigenvalue weighted by Crippen LogP contribution is 2.10. The molecule has 1 atom stereocenters. The van der Waals surface area contributed by atoms with E-state index in [1.165, 1.54) is 6.07 Å². The number of nitrogens with zero attached hydrogens (tertiary/aromatic N) is 1. The van der Waals surface area contributed by atoms with E-state index in [1.807, 2.05) is 18.0 Å². The van der Waals surface area contributed by atoms with Crippen molar-refractivity contribution in [2.45, 2.75) is 19.5 Å². The first-order chi connectivity index (χ1) is 7.52. The molecule has 3 N–H and O–H groups in total. The van der Waals surface area contributed by atoms with E-state index in [-0.39, 0.29) is 18.5 Å². The Bertz CT molecular complexity index is 344. The molecule has 0 aliphatic carbocycles. The third kappa shape index (κ3) is 3.89. The number of hydrogen-bond acceptors (Lipinski definition) is 3. The molecular formula is C12H19FN2O. The van der Waals surface area contributed by atoms with E-state index >= 15 is 0 Å². The van der Waals surface area contributed by atoms with Gasteiger partial charge in [-0.1, -0.05) is 12.1 Å². The van der Waals surface area contributed by atoms with E-state index in [9.17, 15) is 4.39 Å². The monoisotopic (exact) mass is 226 g/mol. The van der Waals surface area contributed by atoms with Gasteiger partial charge >= 0.3 is 0 Å². The average Bonchev–Trinajstić information content (AvgIpc) is 2.23. The molecule has 0 heterocycles. The van der Waals surface area contributed by atoms with Crippen molar-refractivity contribution in [2.75, 3.05) is 20.2 Å². The van der Waals surface area contributed by atoms with Gasteiger partial charge in [-0.2, -0.15) is 0 Å². The summed E-state index contributed by atoms with van der Waals surface area (Å²) in [6.45, 7) is 3.05. The molecule has 0 bridgehead atoms. The van der Waals surface area contributed by atoms with Crippen LogP contribution >= 0.6 is 0 Å². The summed E-state index contributed by atoms with van der Waals surface area (Å²) in [5.74, 6) is -0.182. The van der Waals surface area contributed by atoms with Crippen LogP contribution in [0.3, 0.4) is 0 Å². The summed E-state index contributed by atoms with van der Waals surface area (Å²) in [4.78, 5) is 2.01. The summed E-state index contributed by atoms with van der Waals surface area (Å²) in [6.07, 6.45) is 0. The molecule has 0 saturated carbocycles. The molecule has 0 amide bonds. The van der Waals surface area contributed by atoms with Gasteiger partial charge < -0.3 is 15.7 Å². The molecule has 0 aliphatic rings. The summed E-state index contributed by atoms with van der Waals surface area (Å²) in [5.41, 5.74) is 7.33. The molecule has 1 rings (SSSR count). The highest BCUT2D eigenvalue weighted by molar-refractivity contribution is 5.23. The zero-order valence-electron chi connectivity index (χ0n) is 9.78. The maximum absolute atomic E-state index is 13.0. The highest BCUT2D eigenvalue weighted by Gasteiger charge is 2.07. The van der Waals surface area contributed by atoms with E-state index in [1.54, 1.807) is 13.0 Å². The maximum atomic E-state index is 13.0. The lowest BCUT2D eigenvalue weighted by Crippen LogP contribution is -2.37. The van der Waals surface area contributed by atoms with Gasteiger partial charge in [-0.05, 0) is 31.2 Å². The standard InChI is InChI=1S/C12H19FN2O/c1-9-5-10(3-4-12(9)13)6-15(2)7-11(14)8-16/h3-5,11,16H,6-8,14H2,1-2H3. The number of aliphatic hydroxyl groups is 1. The van der Waals surface area contributed by atoms with Crippen LogP contribution < -0.4 is 5.73 Å². The minimum atomic E-state index is -0.230. The molecular weight excluding hydrogens is 207 g/mol. The smallest absolute Gasteiger partial charge is 0.126 e. The number of hydrogen-bond donors (Lipinski definition) is 2. The van der Waals surface area contributed by atoms with Crippen molar-refractivity contribution < 1.29 is 9.50 Å². The highest BCUT2D eigenvalue weighted by atomic mass is 19.1. The fourth-order valence-electron chi connectivity index (χ4n) is 1.64. The van der Waals surface area contributed by atoms with Gasteiger partial charge in [-0.15, -0.1) is 0 Å². The lowest BCUT2D eigenvalue weighted by Gasteiger charge is -2.20. The zero-order valence-corrected chi connectivity index (χ0v) is 9.78. The van der Waals surface area contributed by atoms with E-state index in [4.69, 9.17) is 10.8 Å². The Balaban J connectivity index is 2.56. The van der Waals surface area contributed by atoms with Gasteiger partial charge in [0.15, 0.2) is 0 Å². The van der Waals surface area contributed by atoms with Crippen LogP contribution in [0.15, 0.2) is 18.2 Å². The average molecular weight is 226 g/mol. The molecule has 3 nitrogen and oxygen atoms in total. The first kappa shape index (κ1) is 13.1. The molecule has 0 radical (unpaired) electrons. The molecule has 1 aromatic rings. The fourth-order valence-corrected chi connectivity index (χ4v) is 1.64. The minimum absolute atomic E-state index is 0.0210. The topological polar surface area (TPSA) is 49.5 Å². The molecule has 90 valence electrons. The Morgan fingerprint density at radius 3 is 2.75 bits per heavy atom. The van der Waals surface area contributed by atoms with Crippen molar-refractivity contribution in [3.63, 3.8) is 0 Å². The lowest BCUT2D eigenvalue weighted by atomic mass is 10.1. The molecule has 0 saturated heterocycles. The second-order valence-electron chi connectivity index (χ2n) is 4.22. The van der Waals surface area contributed by atoms with Gasteiger partial charge in [-0.3, -0.25) is 0 Å². The second kappa shape index (κ2) is 5.94. The third-order valence-electron chi connectivity index (χ3n) is 2.46. The van der Waals surface area contributed by atoms with Crippen molar-refractivity contribution in [3.8, 4) is 0 Å². The summed E-state index contributed by atoms with van der Waals surface area (Å²) >= 11 is 0. The van der Waals surface area contributed by atoms with Gasteiger partial charge in [-0.25, -0.2) is 4.39 Å². The lowest BCUT2D eigenvalue weighted by molar-refractivity contribution is 0.218. The third-order valence-corrected chi connectivity index (χ3v) is 2.46. The normalized spacial score (nSPS) is 13.1. The summed E-state index contributed by atoms with van der Waals surface area (Å²) in [6, 6.07) is 4.84. The predicted molar refractivity (Wildman–Crippen MR) is 62.5 cm³/mol. The number of aryl methyl sites for hydroxylation is 1. The Labute approximate surface area is 95.7 Å². The second-order valence-corrected chi connectivity index (χ2v) is 4.22. The van der Waals surface area contributed by atoms with Crippen LogP contribution in [0.2, 0.25) is 0 Å². The van der Waals surface area contributed by atoms with Crippen LogP contribution in [0.4, 0.5) is 4.39 Å². The van der Waals surface area contributed by atoms with Crippen molar-refractivity contribution in [1.29, 1.82) is 0 Å². The number of rotatable bonds is 5. The number of benzene rings is 1. The van der Waals surface area contributed by atoms with Crippen LogP contribution in [0, 0.1) is 12.7 Å². The van der Waals surface area contributed by atoms with Crippen molar-refractivity contribution in [1.82, 2.24) is 4.90 Å². The van der Waals surface area contributed by atoms with Crippen molar-refractivity contribution in [3.05, 3.63) is 35.1 Å². The first-order valence-electron chi connectivity index (χ1n) is 5.33. The van der Waals surface area contributed by atoms with E-state index in [0.29, 0.717) is 18.7 Å². The Hall–Kier alpha value is -0.970. The molecule has 0 aromatic heterocycles. The largest absolute Gasteiger partial charge is 0.395 e. The molecule has 0 spiro atoms. The van der Waals surface area contributed by atoms with Crippen molar-refractivity contribution >= 4 is 0 Å². The SMILES string of the molecule is Cc1cc(CN(C)CC(N)CO)ccc1F. The van der Waals surface area contributed by atoms with Crippen LogP contribution in [0.5, 0.6) is 0 Å². The van der Waals surface area contributed by atoms with Crippen LogP contribution in [-0.4, -0.2) is 36.2 Å². The van der Waals surface area contributed by atoms with E-state index < -0.39 is 0 Å². The number of nitrogens with two attached hydrogens (primary N) is 1. The number of likely N-dealkylation sites (N-methyl/N-ethyl adjacent to an activating group) is 1. The molecule has 0 aliphatic heterocycles. The Morgan fingerprint density at radius 1 is 1.50 bits per heavy atom. The van der Waals surface area contributed by atoms with Crippen LogP contribution in [-0.2, 0) is 6.54 Å². The Kier molecular flexibility index (Phi) is 4.86. The van der Waals surface area contributed by atoms with Gasteiger partial charge in [0.25, 0.3) is 0 Å². The van der Waals surface area contributed by atoms with Gasteiger partial charge in [0, 0.05) is 19.1 Å². The number of aliphatic hydroxyl groups excluding tert-OH is 1. The quantitative estimate of drug-likeness (QED) is 0.784. The molecule has 16 heavy (non-hydrogen) atoms. The summed E-state index contributed by atoms with van der Waals surface area (Å²) in [7, 11) is 1.92. The molecule has 0 fully saturated rings.